The van der Waals surface area contributed by atoms with Crippen LogP contribution in [-0.2, 0) is 22.7 Å². The Labute approximate surface area is 157 Å². The molecule has 0 atom stereocenters. The van der Waals surface area contributed by atoms with Crippen LogP contribution in [0.15, 0.2) is 21.7 Å². The molecule has 12 nitrogen and oxygen atoms in total. The second-order valence-corrected chi connectivity index (χ2v) is 6.19. The maximum atomic E-state index is 11.8. The predicted molar refractivity (Wildman–Crippen MR) is 96.0 cm³/mol. The Bertz CT molecular complexity index is 1150. The van der Waals surface area contributed by atoms with E-state index in [1.165, 1.54) is 21.2 Å². The van der Waals surface area contributed by atoms with E-state index in [4.69, 9.17) is 9.47 Å². The molecule has 2 N–H and O–H groups in total. The minimum atomic E-state index is -0.223. The van der Waals surface area contributed by atoms with Gasteiger partial charge in [-0.15, -0.1) is 0 Å². The van der Waals surface area contributed by atoms with Crippen molar-refractivity contribution in [1.82, 2.24) is 39.2 Å². The first-order valence-corrected chi connectivity index (χ1v) is 8.56. The van der Waals surface area contributed by atoms with E-state index in [2.05, 4.69) is 30.1 Å². The molecule has 0 unspecified atom stereocenters. The van der Waals surface area contributed by atoms with Gasteiger partial charge in [-0.2, -0.15) is 19.0 Å². The van der Waals surface area contributed by atoms with Gasteiger partial charge in [-0.3, -0.25) is 19.8 Å². The summed E-state index contributed by atoms with van der Waals surface area (Å²) in [5.41, 5.74) is 0.768. The van der Waals surface area contributed by atoms with Gasteiger partial charge in [0, 0.05) is 23.5 Å². The van der Waals surface area contributed by atoms with Gasteiger partial charge in [-0.25, -0.2) is 9.97 Å². The van der Waals surface area contributed by atoms with Crippen molar-refractivity contribution in [3.05, 3.63) is 55.9 Å². The molecule has 0 saturated heterocycles. The molecule has 12 heteroatoms. The lowest BCUT2D eigenvalue weighted by molar-refractivity contribution is 0.0298. The summed E-state index contributed by atoms with van der Waals surface area (Å²) in [6.45, 7) is 4.48. The third-order valence-electron chi connectivity index (χ3n) is 3.86. The number of nitrogens with zero attached hydrogens (tertiary/aromatic N) is 6. The lowest BCUT2D eigenvalue weighted by Crippen LogP contribution is -2.14. The number of ether oxygens (including phenoxy) is 2. The fraction of sp³-hybridized carbons (Fsp3) is 0.375. The van der Waals surface area contributed by atoms with Crippen LogP contribution < -0.4 is 11.1 Å². The number of aryl methyl sites for hydroxylation is 2. The molecule has 0 fully saturated rings. The van der Waals surface area contributed by atoms with Crippen molar-refractivity contribution in [3.8, 4) is 0 Å². The molecule has 0 bridgehead atoms. The molecule has 4 heterocycles. The maximum absolute atomic E-state index is 11.8. The van der Waals surface area contributed by atoms with Crippen LogP contribution in [0.25, 0.3) is 11.6 Å². The molecule has 28 heavy (non-hydrogen) atoms. The minimum Gasteiger partial charge on any atom is -0.371 e. The lowest BCUT2D eigenvalue weighted by atomic mass is 10.5. The fourth-order valence-corrected chi connectivity index (χ4v) is 2.66. The molecular weight excluding hydrogens is 368 g/mol. The van der Waals surface area contributed by atoms with Crippen LogP contribution in [0.5, 0.6) is 0 Å². The monoisotopic (exact) mass is 386 g/mol. The summed E-state index contributed by atoms with van der Waals surface area (Å²) >= 11 is 0. The van der Waals surface area contributed by atoms with Crippen molar-refractivity contribution in [3.63, 3.8) is 0 Å². The Hall–Kier alpha value is -3.38. The molecule has 0 amide bonds. The summed E-state index contributed by atoms with van der Waals surface area (Å²) in [6.07, 6.45) is 0. The highest BCUT2D eigenvalue weighted by Gasteiger charge is 2.08. The van der Waals surface area contributed by atoms with Crippen LogP contribution in [0.3, 0.4) is 0 Å². The van der Waals surface area contributed by atoms with Crippen molar-refractivity contribution < 1.29 is 9.47 Å². The molecule has 0 aromatic carbocycles. The number of rotatable bonds is 7. The summed E-state index contributed by atoms with van der Waals surface area (Å²) in [7, 11) is 0. The average molecular weight is 386 g/mol. The van der Waals surface area contributed by atoms with Crippen molar-refractivity contribution in [2.75, 3.05) is 13.2 Å². The lowest BCUT2D eigenvalue weighted by Gasteiger charge is -2.02. The van der Waals surface area contributed by atoms with Crippen LogP contribution in [0.4, 0.5) is 0 Å². The van der Waals surface area contributed by atoms with Crippen LogP contribution >= 0.6 is 0 Å². The van der Waals surface area contributed by atoms with Crippen LogP contribution in [0, 0.1) is 13.8 Å². The van der Waals surface area contributed by atoms with E-state index >= 15 is 0 Å². The number of nitrogens with one attached hydrogen (secondary N) is 2. The summed E-state index contributed by atoms with van der Waals surface area (Å²) in [5, 5.41) is 5.69. The van der Waals surface area contributed by atoms with Crippen molar-refractivity contribution in [1.29, 1.82) is 0 Å². The summed E-state index contributed by atoms with van der Waals surface area (Å²) in [6, 6.07) is 2.85. The molecule has 0 saturated carbocycles. The van der Waals surface area contributed by atoms with Crippen molar-refractivity contribution >= 4 is 11.6 Å². The smallest absolute Gasteiger partial charge is 0.274 e. The van der Waals surface area contributed by atoms with Gasteiger partial charge >= 0.3 is 0 Å². The van der Waals surface area contributed by atoms with Gasteiger partial charge < -0.3 is 9.47 Å². The zero-order valence-corrected chi connectivity index (χ0v) is 15.3. The van der Waals surface area contributed by atoms with Crippen LogP contribution in [0.1, 0.15) is 23.0 Å². The molecule has 146 valence electrons. The Kier molecular flexibility index (Phi) is 4.71. The molecular formula is C16H18N8O4. The average Bonchev–Trinajstić information content (AvgIpc) is 3.21. The fourth-order valence-electron chi connectivity index (χ4n) is 2.66. The van der Waals surface area contributed by atoms with E-state index in [0.717, 1.165) is 0 Å². The second kappa shape index (κ2) is 7.32. The minimum absolute atomic E-state index is 0.189. The predicted octanol–water partition coefficient (Wildman–Crippen LogP) is -0.501. The third-order valence-corrected chi connectivity index (χ3v) is 3.86. The normalized spacial score (nSPS) is 11.6. The van der Waals surface area contributed by atoms with Gasteiger partial charge in [0.15, 0.2) is 11.6 Å². The Balaban J connectivity index is 1.26. The van der Waals surface area contributed by atoms with E-state index in [1.54, 1.807) is 13.8 Å². The van der Waals surface area contributed by atoms with Gasteiger partial charge in [0.25, 0.3) is 22.7 Å². The quantitative estimate of drug-likeness (QED) is 0.404. The first-order chi connectivity index (χ1) is 13.5. The number of hydrogen-bond donors (Lipinski definition) is 2. The highest BCUT2D eigenvalue weighted by Crippen LogP contribution is 2.00. The van der Waals surface area contributed by atoms with E-state index < -0.39 is 0 Å². The zero-order valence-electron chi connectivity index (χ0n) is 15.3. The molecule has 4 aromatic heterocycles. The molecule has 4 rings (SSSR count). The molecule has 0 spiro atoms. The van der Waals surface area contributed by atoms with Gasteiger partial charge in [-0.05, 0) is 13.8 Å². The van der Waals surface area contributed by atoms with E-state index in [0.29, 0.717) is 47.8 Å². The number of aromatic nitrogens is 8. The number of H-pyrrole nitrogens is 2. The van der Waals surface area contributed by atoms with Gasteiger partial charge in [0.1, 0.15) is 13.2 Å². The highest BCUT2D eigenvalue weighted by molar-refractivity contribution is 5.28. The third kappa shape index (κ3) is 3.68. The summed E-state index contributed by atoms with van der Waals surface area (Å²) in [5.74, 6) is 1.61. The molecule has 0 aliphatic rings. The second-order valence-electron chi connectivity index (χ2n) is 6.19. The largest absolute Gasteiger partial charge is 0.371 e. The van der Waals surface area contributed by atoms with Crippen LogP contribution in [0.2, 0.25) is 0 Å². The Morgan fingerprint density at radius 2 is 1.21 bits per heavy atom. The van der Waals surface area contributed by atoms with E-state index in [9.17, 15) is 9.59 Å². The standard InChI is InChI=1S/C16H18N8O4/c1-9-5-13(25)23-15(17-9)19-11(21-23)7-27-3-4-28-8-12-20-16-18-10(2)6-14(26)24(16)22-12/h5-6H,3-4,7-8H2,1-2H3,(H,17,19,21)(H,18,20,22). The summed E-state index contributed by atoms with van der Waals surface area (Å²) < 4.78 is 13.5. The number of aromatic amines is 2. The first-order valence-electron chi connectivity index (χ1n) is 8.56. The number of hydrogen-bond acceptors (Lipinski definition) is 8. The van der Waals surface area contributed by atoms with E-state index in [1.807, 2.05) is 0 Å². The van der Waals surface area contributed by atoms with Crippen molar-refractivity contribution in [2.45, 2.75) is 27.1 Å². The van der Waals surface area contributed by atoms with Gasteiger partial charge in [0.05, 0.1) is 13.2 Å². The first kappa shape index (κ1) is 18.0. The van der Waals surface area contributed by atoms with Crippen molar-refractivity contribution in [2.24, 2.45) is 0 Å². The number of fused-ring (bicyclic) bond motifs is 2. The maximum Gasteiger partial charge on any atom is 0.274 e. The van der Waals surface area contributed by atoms with Gasteiger partial charge in [-0.1, -0.05) is 0 Å². The summed E-state index contributed by atoms with van der Waals surface area (Å²) in [4.78, 5) is 40.4. The Morgan fingerprint density at radius 3 is 1.64 bits per heavy atom. The zero-order chi connectivity index (χ0) is 19.7. The Morgan fingerprint density at radius 1 is 0.786 bits per heavy atom. The van der Waals surface area contributed by atoms with Gasteiger partial charge in [0.2, 0.25) is 0 Å². The van der Waals surface area contributed by atoms with E-state index in [-0.39, 0.29) is 24.3 Å². The molecule has 0 aliphatic heterocycles. The topological polar surface area (TPSA) is 145 Å². The molecule has 4 aromatic rings. The SMILES string of the molecule is Cc1cc(=O)n2[nH]c(COCCOCc3nc4nc(C)cc(=O)n4[nH]3)nc2n1. The highest BCUT2D eigenvalue weighted by atomic mass is 16.5. The van der Waals surface area contributed by atoms with Crippen LogP contribution in [-0.4, -0.2) is 52.4 Å². The molecule has 0 aliphatic carbocycles. The molecule has 0 radical (unpaired) electrons.